The number of aldehydes is 1. The van der Waals surface area contributed by atoms with Gasteiger partial charge in [-0.1, -0.05) is 0 Å². The third-order valence-electron chi connectivity index (χ3n) is 2.73. The van der Waals surface area contributed by atoms with E-state index in [9.17, 15) is 18.0 Å². The van der Waals surface area contributed by atoms with Gasteiger partial charge in [0, 0.05) is 6.20 Å². The monoisotopic (exact) mass is 281 g/mol. The summed E-state index contributed by atoms with van der Waals surface area (Å²) >= 11 is 0. The Balaban J connectivity index is 2.38. The van der Waals surface area contributed by atoms with Crippen LogP contribution in [0.25, 0.3) is 11.3 Å². The number of imidazole rings is 1. The molecule has 0 spiro atoms. The lowest BCUT2D eigenvalue weighted by Gasteiger charge is -2.11. The molecule has 3 rings (SSSR count). The quantitative estimate of drug-likeness (QED) is 0.671. The standard InChI is InChI=1S/C11H6F3N5O/c12-11(13,14)7-1-9(19-6-15-5-17-19)10-16-2-8(4-20)18(10)3-7/h1-6H. The van der Waals surface area contributed by atoms with Gasteiger partial charge in [-0.3, -0.25) is 9.20 Å². The number of aromatic nitrogens is 5. The largest absolute Gasteiger partial charge is 0.417 e. The van der Waals surface area contributed by atoms with Crippen LogP contribution in [0, 0.1) is 0 Å². The maximum Gasteiger partial charge on any atom is 0.417 e. The van der Waals surface area contributed by atoms with Crippen molar-refractivity contribution in [3.8, 4) is 5.69 Å². The first-order valence-corrected chi connectivity index (χ1v) is 5.39. The van der Waals surface area contributed by atoms with Crippen LogP contribution in [-0.4, -0.2) is 30.4 Å². The van der Waals surface area contributed by atoms with Crippen LogP contribution in [-0.2, 0) is 6.18 Å². The first-order chi connectivity index (χ1) is 9.50. The zero-order valence-corrected chi connectivity index (χ0v) is 9.74. The van der Waals surface area contributed by atoms with Gasteiger partial charge in [-0.2, -0.15) is 18.3 Å². The van der Waals surface area contributed by atoms with Gasteiger partial charge in [0.25, 0.3) is 0 Å². The van der Waals surface area contributed by atoms with Gasteiger partial charge in [-0.15, -0.1) is 0 Å². The molecule has 0 radical (unpaired) electrons. The summed E-state index contributed by atoms with van der Waals surface area (Å²) in [6.07, 6.45) is 0.361. The molecule has 9 heteroatoms. The predicted molar refractivity (Wildman–Crippen MR) is 60.5 cm³/mol. The molecule has 3 aromatic rings. The molecule has 0 N–H and O–H groups in total. The Labute approximate surface area is 109 Å². The molecule has 3 aromatic heterocycles. The summed E-state index contributed by atoms with van der Waals surface area (Å²) in [5, 5.41) is 3.79. The van der Waals surface area contributed by atoms with Crippen molar-refractivity contribution in [3.63, 3.8) is 0 Å². The molecule has 0 aliphatic rings. The van der Waals surface area contributed by atoms with Crippen molar-refractivity contribution in [2.75, 3.05) is 0 Å². The lowest BCUT2D eigenvalue weighted by atomic mass is 10.2. The maximum atomic E-state index is 12.9. The average Bonchev–Trinajstić information content (AvgIpc) is 3.05. The number of alkyl halides is 3. The molecule has 102 valence electrons. The summed E-state index contributed by atoms with van der Waals surface area (Å²) in [5.74, 6) is 0. The molecular weight excluding hydrogens is 275 g/mol. The first-order valence-electron chi connectivity index (χ1n) is 5.39. The molecule has 0 fully saturated rings. The van der Waals surface area contributed by atoms with Gasteiger partial charge < -0.3 is 0 Å². The van der Waals surface area contributed by atoms with E-state index in [0.717, 1.165) is 21.3 Å². The molecule has 0 amide bonds. The molecule has 20 heavy (non-hydrogen) atoms. The SMILES string of the molecule is O=Cc1cnc2c(-n3cncn3)cc(C(F)(F)F)cn12. The Bertz CT molecular complexity index is 775. The molecule has 0 atom stereocenters. The second-order valence-electron chi connectivity index (χ2n) is 3.95. The van der Waals surface area contributed by atoms with Gasteiger partial charge in [0.05, 0.1) is 11.8 Å². The number of carbonyl (C=O) groups excluding carboxylic acids is 1. The van der Waals surface area contributed by atoms with E-state index in [1.54, 1.807) is 0 Å². The molecular formula is C11H6F3N5O. The van der Waals surface area contributed by atoms with Crippen molar-refractivity contribution in [1.82, 2.24) is 24.1 Å². The molecule has 0 unspecified atom stereocenters. The number of hydrogen-bond donors (Lipinski definition) is 0. The fourth-order valence-electron chi connectivity index (χ4n) is 1.83. The third-order valence-corrected chi connectivity index (χ3v) is 2.73. The van der Waals surface area contributed by atoms with E-state index in [2.05, 4.69) is 15.1 Å². The normalized spacial score (nSPS) is 11.9. The summed E-state index contributed by atoms with van der Waals surface area (Å²) in [6.45, 7) is 0. The Morgan fingerprint density at radius 2 is 2.10 bits per heavy atom. The minimum atomic E-state index is -4.55. The van der Waals surface area contributed by atoms with E-state index in [1.807, 2.05) is 0 Å². The second kappa shape index (κ2) is 4.15. The molecule has 0 aromatic carbocycles. The highest BCUT2D eigenvalue weighted by molar-refractivity contribution is 5.76. The molecule has 0 saturated heterocycles. The van der Waals surface area contributed by atoms with Gasteiger partial charge in [-0.05, 0) is 6.07 Å². The minimum Gasteiger partial charge on any atom is -0.296 e. The Hall–Kier alpha value is -2.71. The van der Waals surface area contributed by atoms with Gasteiger partial charge in [0.1, 0.15) is 24.0 Å². The van der Waals surface area contributed by atoms with Crippen LogP contribution in [0.1, 0.15) is 16.1 Å². The molecule has 6 nitrogen and oxygen atoms in total. The molecule has 0 bridgehead atoms. The summed E-state index contributed by atoms with van der Waals surface area (Å²) in [7, 11) is 0. The lowest BCUT2D eigenvalue weighted by molar-refractivity contribution is -0.137. The Kier molecular flexibility index (Phi) is 2.56. The van der Waals surface area contributed by atoms with Gasteiger partial charge in [-0.25, -0.2) is 14.6 Å². The van der Waals surface area contributed by atoms with E-state index in [1.165, 1.54) is 18.9 Å². The summed E-state index contributed by atoms with van der Waals surface area (Å²) in [4.78, 5) is 18.5. The molecule has 0 aliphatic carbocycles. The molecule has 0 saturated carbocycles. The van der Waals surface area contributed by atoms with Crippen molar-refractivity contribution in [2.24, 2.45) is 0 Å². The van der Waals surface area contributed by atoms with Crippen LogP contribution in [0.3, 0.4) is 0 Å². The maximum absolute atomic E-state index is 12.9. The fourth-order valence-corrected chi connectivity index (χ4v) is 1.83. The lowest BCUT2D eigenvalue weighted by Crippen LogP contribution is -2.10. The fraction of sp³-hybridized carbons (Fsp3) is 0.0909. The minimum absolute atomic E-state index is 0.0208. The molecule has 3 heterocycles. The van der Waals surface area contributed by atoms with Crippen LogP contribution in [0.4, 0.5) is 13.2 Å². The number of rotatable bonds is 2. The van der Waals surface area contributed by atoms with Gasteiger partial charge >= 0.3 is 6.18 Å². The number of hydrogen-bond acceptors (Lipinski definition) is 4. The highest BCUT2D eigenvalue weighted by atomic mass is 19.4. The topological polar surface area (TPSA) is 65.1 Å². The van der Waals surface area contributed by atoms with Crippen LogP contribution >= 0.6 is 0 Å². The van der Waals surface area contributed by atoms with E-state index >= 15 is 0 Å². The van der Waals surface area contributed by atoms with Crippen LogP contribution in [0.15, 0.2) is 31.1 Å². The average molecular weight is 281 g/mol. The van der Waals surface area contributed by atoms with E-state index < -0.39 is 11.7 Å². The third kappa shape index (κ3) is 1.83. The van der Waals surface area contributed by atoms with Crippen molar-refractivity contribution in [2.45, 2.75) is 6.18 Å². The number of nitrogens with zero attached hydrogens (tertiary/aromatic N) is 5. The van der Waals surface area contributed by atoms with Crippen molar-refractivity contribution >= 4 is 11.9 Å². The van der Waals surface area contributed by atoms with Gasteiger partial charge in [0.2, 0.25) is 0 Å². The van der Waals surface area contributed by atoms with E-state index in [4.69, 9.17) is 0 Å². The number of fused-ring (bicyclic) bond motifs is 1. The number of halogens is 3. The van der Waals surface area contributed by atoms with E-state index in [0.29, 0.717) is 6.29 Å². The van der Waals surface area contributed by atoms with Crippen molar-refractivity contribution < 1.29 is 18.0 Å². The highest BCUT2D eigenvalue weighted by Crippen LogP contribution is 2.31. The smallest absolute Gasteiger partial charge is 0.296 e. The summed E-state index contributed by atoms with van der Waals surface area (Å²) in [6, 6.07) is 0.908. The van der Waals surface area contributed by atoms with E-state index in [-0.39, 0.29) is 17.0 Å². The number of pyridine rings is 1. The summed E-state index contributed by atoms with van der Waals surface area (Å²) in [5.41, 5.74) is -0.611. The predicted octanol–water partition coefficient (Wildman–Crippen LogP) is 1.75. The first kappa shape index (κ1) is 12.3. The zero-order valence-electron chi connectivity index (χ0n) is 9.74. The van der Waals surface area contributed by atoms with Crippen LogP contribution in [0.5, 0.6) is 0 Å². The molecule has 0 aliphatic heterocycles. The van der Waals surface area contributed by atoms with Crippen molar-refractivity contribution in [3.05, 3.63) is 42.4 Å². The Morgan fingerprint density at radius 1 is 1.30 bits per heavy atom. The van der Waals surface area contributed by atoms with Gasteiger partial charge in [0.15, 0.2) is 11.9 Å². The zero-order chi connectivity index (χ0) is 14.3. The Morgan fingerprint density at radius 3 is 2.70 bits per heavy atom. The van der Waals surface area contributed by atoms with Crippen LogP contribution in [0.2, 0.25) is 0 Å². The number of carbonyl (C=O) groups is 1. The summed E-state index contributed by atoms with van der Waals surface area (Å²) < 4.78 is 41.0. The highest BCUT2D eigenvalue weighted by Gasteiger charge is 2.32. The second-order valence-corrected chi connectivity index (χ2v) is 3.95. The van der Waals surface area contributed by atoms with Crippen molar-refractivity contribution in [1.29, 1.82) is 0 Å². The van der Waals surface area contributed by atoms with Crippen LogP contribution < -0.4 is 0 Å².